The van der Waals surface area contributed by atoms with Crippen molar-refractivity contribution in [3.05, 3.63) is 68.8 Å². The number of hydrogen-bond donors (Lipinski definition) is 0. The molecule has 0 aromatic heterocycles. The van der Waals surface area contributed by atoms with E-state index in [1.807, 2.05) is 0 Å². The third-order valence-electron chi connectivity index (χ3n) is 4.02. The molecule has 0 fully saturated rings. The fourth-order valence-corrected chi connectivity index (χ4v) is 2.40. The van der Waals surface area contributed by atoms with Crippen molar-refractivity contribution in [3.8, 4) is 11.5 Å². The van der Waals surface area contributed by atoms with Crippen LogP contribution in [-0.2, 0) is 19.0 Å². The predicted octanol–water partition coefficient (Wildman–Crippen LogP) is 3.44. The minimum Gasteiger partial charge on any atom is -0.432 e. The van der Waals surface area contributed by atoms with Gasteiger partial charge >= 0.3 is 12.1 Å². The van der Waals surface area contributed by atoms with Crippen LogP contribution in [0, 0.1) is 20.2 Å². The second-order valence-corrected chi connectivity index (χ2v) is 6.50. The monoisotopic (exact) mass is 478 g/mol. The molecule has 182 valence electrons. The number of nitro groups is 2. The Balaban J connectivity index is 1.44. The number of carbonyl (C=O) groups excluding carboxylic acids is 2. The Hall–Kier alpha value is -4.10. The summed E-state index contributed by atoms with van der Waals surface area (Å²) in [7, 11) is 0. The molecule has 2 aromatic rings. The molecular formula is C21H22N2O11. The van der Waals surface area contributed by atoms with E-state index in [9.17, 15) is 29.8 Å². The number of ether oxygens (including phenoxy) is 5. The lowest BCUT2D eigenvalue weighted by Crippen LogP contribution is -2.16. The number of benzene rings is 2. The first-order valence-electron chi connectivity index (χ1n) is 10.0. The highest BCUT2D eigenvalue weighted by molar-refractivity contribution is 5.72. The fourth-order valence-electron chi connectivity index (χ4n) is 2.40. The first-order chi connectivity index (χ1) is 16.3. The SMILES string of the molecule is O=C(CCCOCCOCCOC(=O)Oc1ccc([N+](=O)[O-])cc1)Oc1ccc([N+](=O)[O-])cc1. The molecule has 0 bridgehead atoms. The number of rotatable bonds is 14. The summed E-state index contributed by atoms with van der Waals surface area (Å²) in [5.41, 5.74) is -0.220. The summed E-state index contributed by atoms with van der Waals surface area (Å²) >= 11 is 0. The van der Waals surface area contributed by atoms with Crippen LogP contribution < -0.4 is 9.47 Å². The van der Waals surface area contributed by atoms with Gasteiger partial charge in [0.25, 0.3) is 11.4 Å². The molecule has 0 aliphatic rings. The van der Waals surface area contributed by atoms with E-state index in [4.69, 9.17) is 23.7 Å². The summed E-state index contributed by atoms with van der Waals surface area (Å²) in [5.74, 6) is -0.142. The predicted molar refractivity (Wildman–Crippen MR) is 115 cm³/mol. The van der Waals surface area contributed by atoms with Gasteiger partial charge in [0.15, 0.2) is 0 Å². The summed E-state index contributed by atoms with van der Waals surface area (Å²) in [6, 6.07) is 10.2. The number of nitro benzene ring substituents is 2. The van der Waals surface area contributed by atoms with Crippen molar-refractivity contribution in [2.45, 2.75) is 12.8 Å². The first kappa shape index (κ1) is 26.2. The van der Waals surface area contributed by atoms with Gasteiger partial charge in [0, 0.05) is 37.3 Å². The van der Waals surface area contributed by atoms with Gasteiger partial charge in [0.05, 0.1) is 29.7 Å². The quantitative estimate of drug-likeness (QED) is 0.0974. The van der Waals surface area contributed by atoms with E-state index < -0.39 is 22.0 Å². The van der Waals surface area contributed by atoms with E-state index in [1.165, 1.54) is 48.5 Å². The van der Waals surface area contributed by atoms with Crippen LogP contribution in [0.3, 0.4) is 0 Å². The first-order valence-corrected chi connectivity index (χ1v) is 10.0. The molecule has 0 aliphatic carbocycles. The van der Waals surface area contributed by atoms with Crippen molar-refractivity contribution in [2.75, 3.05) is 33.0 Å². The molecule has 34 heavy (non-hydrogen) atoms. The van der Waals surface area contributed by atoms with Gasteiger partial charge in [0.2, 0.25) is 0 Å². The molecule has 0 aliphatic heterocycles. The van der Waals surface area contributed by atoms with Gasteiger partial charge in [-0.05, 0) is 30.7 Å². The third-order valence-corrected chi connectivity index (χ3v) is 4.02. The van der Waals surface area contributed by atoms with E-state index in [2.05, 4.69) is 0 Å². The highest BCUT2D eigenvalue weighted by Crippen LogP contribution is 2.18. The highest BCUT2D eigenvalue weighted by atomic mass is 16.7. The highest BCUT2D eigenvalue weighted by Gasteiger charge is 2.10. The Morgan fingerprint density at radius 2 is 1.15 bits per heavy atom. The molecular weight excluding hydrogens is 456 g/mol. The second-order valence-electron chi connectivity index (χ2n) is 6.50. The molecule has 0 radical (unpaired) electrons. The van der Waals surface area contributed by atoms with Crippen LogP contribution in [0.25, 0.3) is 0 Å². The van der Waals surface area contributed by atoms with Crippen molar-refractivity contribution < 1.29 is 43.1 Å². The van der Waals surface area contributed by atoms with Gasteiger partial charge in [-0.15, -0.1) is 0 Å². The van der Waals surface area contributed by atoms with Crippen LogP contribution in [0.5, 0.6) is 11.5 Å². The van der Waals surface area contributed by atoms with E-state index in [0.29, 0.717) is 13.0 Å². The Morgan fingerprint density at radius 3 is 1.68 bits per heavy atom. The van der Waals surface area contributed by atoms with Gasteiger partial charge < -0.3 is 23.7 Å². The van der Waals surface area contributed by atoms with Crippen LogP contribution in [-0.4, -0.2) is 55.0 Å². The lowest BCUT2D eigenvalue weighted by Gasteiger charge is -2.07. The van der Waals surface area contributed by atoms with Crippen LogP contribution in [0.4, 0.5) is 16.2 Å². The summed E-state index contributed by atoms with van der Waals surface area (Å²) in [4.78, 5) is 43.3. The van der Waals surface area contributed by atoms with E-state index in [0.717, 1.165) is 0 Å². The molecule has 13 nitrogen and oxygen atoms in total. The van der Waals surface area contributed by atoms with Crippen LogP contribution in [0.1, 0.15) is 12.8 Å². The van der Waals surface area contributed by atoms with Crippen molar-refractivity contribution in [2.24, 2.45) is 0 Å². The van der Waals surface area contributed by atoms with Gasteiger partial charge in [-0.2, -0.15) is 0 Å². The molecule has 13 heteroatoms. The largest absolute Gasteiger partial charge is 0.513 e. The molecule has 0 N–H and O–H groups in total. The molecule has 0 amide bonds. The van der Waals surface area contributed by atoms with Gasteiger partial charge in [0.1, 0.15) is 18.1 Å². The molecule has 0 atom stereocenters. The van der Waals surface area contributed by atoms with Gasteiger partial charge in [-0.3, -0.25) is 25.0 Å². The van der Waals surface area contributed by atoms with Crippen LogP contribution in [0.15, 0.2) is 48.5 Å². The minimum absolute atomic E-state index is 0.0553. The van der Waals surface area contributed by atoms with Crippen molar-refractivity contribution in [3.63, 3.8) is 0 Å². The van der Waals surface area contributed by atoms with E-state index in [-0.39, 0.29) is 55.7 Å². The topological polar surface area (TPSA) is 167 Å². The zero-order valence-corrected chi connectivity index (χ0v) is 18.0. The average molecular weight is 478 g/mol. The fraction of sp³-hybridized carbons (Fsp3) is 0.333. The Bertz CT molecular complexity index is 882. The summed E-state index contributed by atoms with van der Waals surface area (Å²) in [6.07, 6.45) is -0.430. The summed E-state index contributed by atoms with van der Waals surface area (Å²) < 4.78 is 25.3. The standard InChI is InChI=1S/C21H22N2O11/c24-20(33-18-7-3-16(4-8-18)22(26)27)2-1-11-30-12-13-31-14-15-32-21(25)34-19-9-5-17(6-10-19)23(28)29/h3-10H,1-2,11-15H2. The number of esters is 1. The summed E-state index contributed by atoms with van der Waals surface area (Å²) in [6.45, 7) is 0.871. The summed E-state index contributed by atoms with van der Waals surface area (Å²) in [5, 5.41) is 21.1. The van der Waals surface area contributed by atoms with Crippen molar-refractivity contribution in [1.29, 1.82) is 0 Å². The zero-order chi connectivity index (χ0) is 24.8. The molecule has 2 rings (SSSR count). The number of nitrogens with zero attached hydrogens (tertiary/aromatic N) is 2. The van der Waals surface area contributed by atoms with Crippen LogP contribution >= 0.6 is 0 Å². The van der Waals surface area contributed by atoms with E-state index in [1.54, 1.807) is 0 Å². The lowest BCUT2D eigenvalue weighted by atomic mass is 10.3. The smallest absolute Gasteiger partial charge is 0.432 e. The number of carbonyl (C=O) groups is 2. The van der Waals surface area contributed by atoms with Crippen molar-refractivity contribution in [1.82, 2.24) is 0 Å². The molecule has 0 heterocycles. The Labute approximate surface area is 193 Å². The van der Waals surface area contributed by atoms with E-state index >= 15 is 0 Å². The zero-order valence-electron chi connectivity index (χ0n) is 18.0. The number of hydrogen-bond acceptors (Lipinski definition) is 11. The Morgan fingerprint density at radius 1 is 0.676 bits per heavy atom. The third kappa shape index (κ3) is 10.0. The maximum Gasteiger partial charge on any atom is 0.513 e. The van der Waals surface area contributed by atoms with Gasteiger partial charge in [-0.25, -0.2) is 4.79 Å². The normalized spacial score (nSPS) is 10.4. The molecule has 0 saturated heterocycles. The maximum atomic E-state index is 11.7. The molecule has 0 spiro atoms. The number of non-ortho nitro benzene ring substituents is 2. The maximum absolute atomic E-state index is 11.7. The minimum atomic E-state index is -0.964. The molecule has 0 unspecified atom stereocenters. The average Bonchev–Trinajstić information content (AvgIpc) is 2.81. The van der Waals surface area contributed by atoms with Crippen molar-refractivity contribution >= 4 is 23.5 Å². The van der Waals surface area contributed by atoms with Crippen LogP contribution in [0.2, 0.25) is 0 Å². The van der Waals surface area contributed by atoms with Gasteiger partial charge in [-0.1, -0.05) is 0 Å². The molecule has 2 aromatic carbocycles. The Kier molecular flexibility index (Phi) is 10.9. The second kappa shape index (κ2) is 14.1. The lowest BCUT2D eigenvalue weighted by molar-refractivity contribution is -0.385. The molecule has 0 saturated carbocycles.